The zero-order valence-corrected chi connectivity index (χ0v) is 42.6. The summed E-state index contributed by atoms with van der Waals surface area (Å²) >= 11 is 0. The Kier molecular flexibility index (Phi) is 50.8. The summed E-state index contributed by atoms with van der Waals surface area (Å²) in [6.07, 6.45) is 63.8. The van der Waals surface area contributed by atoms with Crippen LogP contribution in [0.3, 0.4) is 0 Å². The fraction of sp³-hybridized carbons (Fsp3) is 0.810. The quantitative estimate of drug-likeness (QED) is 0.0199. The molecule has 0 aliphatic heterocycles. The van der Waals surface area contributed by atoms with Gasteiger partial charge in [0.05, 0.1) is 0 Å². The lowest BCUT2D eigenvalue weighted by Gasteiger charge is -2.18. The molecule has 0 aliphatic carbocycles. The smallest absolute Gasteiger partial charge is 0.306 e. The Balaban J connectivity index is 4.40. The Morgan fingerprint density at radius 2 is 0.562 bits per heavy atom. The maximum atomic E-state index is 12.8. The van der Waals surface area contributed by atoms with Crippen LogP contribution in [-0.2, 0) is 28.6 Å². The van der Waals surface area contributed by atoms with Crippen LogP contribution in [0.2, 0.25) is 0 Å². The van der Waals surface area contributed by atoms with Gasteiger partial charge in [-0.05, 0) is 96.3 Å². The van der Waals surface area contributed by atoms with Crippen molar-refractivity contribution >= 4 is 17.9 Å². The molecule has 6 heteroatoms. The first-order valence-corrected chi connectivity index (χ1v) is 27.7. The summed E-state index contributed by atoms with van der Waals surface area (Å²) in [7, 11) is 0. The van der Waals surface area contributed by atoms with Crippen LogP contribution in [0.1, 0.15) is 284 Å². The van der Waals surface area contributed by atoms with Gasteiger partial charge >= 0.3 is 17.9 Å². The van der Waals surface area contributed by atoms with Crippen molar-refractivity contribution in [3.63, 3.8) is 0 Å². The number of rotatable bonds is 50. The lowest BCUT2D eigenvalue weighted by atomic mass is 10.1. The van der Waals surface area contributed by atoms with Gasteiger partial charge < -0.3 is 14.2 Å². The number of carbonyl (C=O) groups is 3. The molecule has 0 bridgehead atoms. The summed E-state index contributed by atoms with van der Waals surface area (Å²) < 4.78 is 16.8. The number of hydrogen-bond acceptors (Lipinski definition) is 6. The van der Waals surface area contributed by atoms with Gasteiger partial charge in [-0.25, -0.2) is 0 Å². The number of ether oxygens (including phenoxy) is 3. The van der Waals surface area contributed by atoms with Crippen molar-refractivity contribution < 1.29 is 28.6 Å². The average molecular weight is 897 g/mol. The lowest BCUT2D eigenvalue weighted by molar-refractivity contribution is -0.167. The zero-order chi connectivity index (χ0) is 46.5. The maximum Gasteiger partial charge on any atom is 0.306 e. The van der Waals surface area contributed by atoms with Crippen molar-refractivity contribution in [3.8, 4) is 0 Å². The van der Waals surface area contributed by atoms with E-state index in [9.17, 15) is 14.4 Å². The molecule has 0 rings (SSSR count). The molecule has 0 fully saturated rings. The second-order valence-corrected chi connectivity index (χ2v) is 18.5. The zero-order valence-electron chi connectivity index (χ0n) is 42.6. The number of unbranched alkanes of at least 4 members (excludes halogenated alkanes) is 32. The van der Waals surface area contributed by atoms with Crippen LogP contribution in [0.25, 0.3) is 0 Å². The van der Waals surface area contributed by atoms with Gasteiger partial charge in [0.1, 0.15) is 13.2 Å². The third-order valence-corrected chi connectivity index (χ3v) is 12.1. The molecule has 0 spiro atoms. The molecule has 0 radical (unpaired) electrons. The maximum absolute atomic E-state index is 12.8. The van der Waals surface area contributed by atoms with E-state index in [2.05, 4.69) is 69.4 Å². The molecule has 1 atom stereocenters. The van der Waals surface area contributed by atoms with Gasteiger partial charge in [-0.15, -0.1) is 0 Å². The summed E-state index contributed by atoms with van der Waals surface area (Å²) in [6.45, 7) is 6.60. The van der Waals surface area contributed by atoms with Crippen LogP contribution in [0.4, 0.5) is 0 Å². The van der Waals surface area contributed by atoms with Gasteiger partial charge in [0.25, 0.3) is 0 Å². The molecule has 0 aromatic carbocycles. The van der Waals surface area contributed by atoms with Gasteiger partial charge in [-0.1, -0.05) is 217 Å². The average Bonchev–Trinajstić information content (AvgIpc) is 3.29. The lowest BCUT2D eigenvalue weighted by Crippen LogP contribution is -2.30. The van der Waals surface area contributed by atoms with Crippen LogP contribution in [0, 0.1) is 0 Å². The first kappa shape index (κ1) is 61.4. The first-order valence-electron chi connectivity index (χ1n) is 27.7. The molecule has 0 aromatic rings. The summed E-state index contributed by atoms with van der Waals surface area (Å²) in [5.74, 6) is -0.911. The van der Waals surface area contributed by atoms with E-state index in [1.54, 1.807) is 0 Å². The Morgan fingerprint density at radius 1 is 0.312 bits per heavy atom. The Hall–Kier alpha value is -2.63. The van der Waals surface area contributed by atoms with E-state index < -0.39 is 6.10 Å². The molecule has 0 amide bonds. The monoisotopic (exact) mass is 897 g/mol. The van der Waals surface area contributed by atoms with Crippen LogP contribution < -0.4 is 0 Å². The highest BCUT2D eigenvalue weighted by Crippen LogP contribution is 2.15. The third-order valence-electron chi connectivity index (χ3n) is 12.1. The molecule has 0 saturated heterocycles. The largest absolute Gasteiger partial charge is 0.462 e. The molecule has 372 valence electrons. The molecule has 64 heavy (non-hydrogen) atoms. The summed E-state index contributed by atoms with van der Waals surface area (Å²) in [6, 6.07) is 0. The van der Waals surface area contributed by atoms with Crippen molar-refractivity contribution in [2.75, 3.05) is 13.2 Å². The minimum Gasteiger partial charge on any atom is -0.462 e. The summed E-state index contributed by atoms with van der Waals surface area (Å²) in [4.78, 5) is 38.0. The third kappa shape index (κ3) is 50.4. The van der Waals surface area contributed by atoms with E-state index >= 15 is 0 Å². The van der Waals surface area contributed by atoms with Gasteiger partial charge in [-0.3, -0.25) is 14.4 Å². The fourth-order valence-electron chi connectivity index (χ4n) is 7.83. The summed E-state index contributed by atoms with van der Waals surface area (Å²) in [5.41, 5.74) is 0. The highest BCUT2D eigenvalue weighted by Gasteiger charge is 2.19. The van der Waals surface area contributed by atoms with E-state index in [1.165, 1.54) is 154 Å². The van der Waals surface area contributed by atoms with E-state index in [4.69, 9.17) is 14.2 Å². The van der Waals surface area contributed by atoms with Crippen molar-refractivity contribution in [1.82, 2.24) is 0 Å². The van der Waals surface area contributed by atoms with E-state index in [-0.39, 0.29) is 31.1 Å². The Bertz CT molecular complexity index is 1120. The molecule has 0 saturated carbocycles. The van der Waals surface area contributed by atoms with Gasteiger partial charge in [0.2, 0.25) is 0 Å². The standard InChI is InChI=1S/C58H104O6/c1-4-7-10-13-16-19-22-25-27-28-29-31-33-36-39-42-45-48-51-57(60)63-54-55(53-62-56(59)50-47-44-41-38-35-32-24-21-18-15-12-9-6-3)64-58(61)52-49-46-43-40-37-34-30-26-23-20-17-14-11-8-5-2/h20,23,27-29,31-32,35,55H,4-19,21-22,24-26,30,33-34,36-54H2,1-3H3/b23-20-,28-27-,31-29-,35-32-. The van der Waals surface area contributed by atoms with E-state index in [1.807, 2.05) is 0 Å². The molecule has 1 unspecified atom stereocenters. The van der Waals surface area contributed by atoms with Crippen LogP contribution >= 0.6 is 0 Å². The second-order valence-electron chi connectivity index (χ2n) is 18.5. The van der Waals surface area contributed by atoms with Crippen LogP contribution in [0.15, 0.2) is 48.6 Å². The highest BCUT2D eigenvalue weighted by molar-refractivity contribution is 5.71. The number of hydrogen-bond donors (Lipinski definition) is 0. The van der Waals surface area contributed by atoms with Gasteiger partial charge in [0, 0.05) is 19.3 Å². The molecule has 6 nitrogen and oxygen atoms in total. The Labute approximate surface area is 397 Å². The van der Waals surface area contributed by atoms with E-state index in [0.29, 0.717) is 19.3 Å². The Morgan fingerprint density at radius 3 is 0.906 bits per heavy atom. The topological polar surface area (TPSA) is 78.9 Å². The molecule has 0 aromatic heterocycles. The van der Waals surface area contributed by atoms with E-state index in [0.717, 1.165) is 89.9 Å². The molecule has 0 heterocycles. The minimum atomic E-state index is -0.786. The number of esters is 3. The minimum absolute atomic E-state index is 0.0865. The summed E-state index contributed by atoms with van der Waals surface area (Å²) in [5, 5.41) is 0. The fourth-order valence-corrected chi connectivity index (χ4v) is 7.83. The SMILES string of the molecule is CCCCCC/C=C\CCCCCCCCCC(=O)OC(COC(=O)CCCCC/C=C\CCCCCCCC)COC(=O)CCCCCCC/C=C\C=C/CCCCCCCCC. The van der Waals surface area contributed by atoms with Crippen molar-refractivity contribution in [2.24, 2.45) is 0 Å². The highest BCUT2D eigenvalue weighted by atomic mass is 16.6. The molecular formula is C58H104O6. The van der Waals surface area contributed by atoms with Crippen LogP contribution in [-0.4, -0.2) is 37.2 Å². The molecule has 0 N–H and O–H groups in total. The van der Waals surface area contributed by atoms with Gasteiger partial charge in [0.15, 0.2) is 6.10 Å². The predicted octanol–water partition coefficient (Wildman–Crippen LogP) is 18.3. The predicted molar refractivity (Wildman–Crippen MR) is 275 cm³/mol. The van der Waals surface area contributed by atoms with Crippen LogP contribution in [0.5, 0.6) is 0 Å². The normalized spacial score (nSPS) is 12.4. The van der Waals surface area contributed by atoms with Crippen molar-refractivity contribution in [2.45, 2.75) is 290 Å². The molecule has 0 aliphatic rings. The number of carbonyl (C=O) groups excluding carboxylic acids is 3. The van der Waals surface area contributed by atoms with Gasteiger partial charge in [-0.2, -0.15) is 0 Å². The first-order chi connectivity index (χ1) is 31.5. The second kappa shape index (κ2) is 53.0. The number of allylic oxidation sites excluding steroid dienone is 8. The van der Waals surface area contributed by atoms with Crippen molar-refractivity contribution in [3.05, 3.63) is 48.6 Å². The van der Waals surface area contributed by atoms with Crippen molar-refractivity contribution in [1.29, 1.82) is 0 Å². The molecular weight excluding hydrogens is 793 g/mol.